The van der Waals surface area contributed by atoms with E-state index in [4.69, 9.17) is 0 Å². The van der Waals surface area contributed by atoms with Crippen LogP contribution < -0.4 is 0 Å². The Bertz CT molecular complexity index is 934. The van der Waals surface area contributed by atoms with Gasteiger partial charge in [0.15, 0.2) is 11.6 Å². The van der Waals surface area contributed by atoms with Gasteiger partial charge < -0.3 is 0 Å². The molecule has 0 aromatic heterocycles. The van der Waals surface area contributed by atoms with Crippen molar-refractivity contribution in [1.82, 2.24) is 0 Å². The van der Waals surface area contributed by atoms with Gasteiger partial charge in [0, 0.05) is 11.1 Å². The Labute approximate surface area is 144 Å². The smallest absolute Gasteiger partial charge is 0.153 e. The van der Waals surface area contributed by atoms with Gasteiger partial charge in [-0.15, -0.1) is 0 Å². The third-order valence-corrected chi connectivity index (χ3v) is 3.95. The normalized spacial score (nSPS) is 12.4. The van der Waals surface area contributed by atoms with Crippen LogP contribution in [-0.2, 0) is 6.42 Å². The number of hydrogen-bond acceptors (Lipinski definition) is 2. The van der Waals surface area contributed by atoms with Gasteiger partial charge in [-0.05, 0) is 67.4 Å². The fourth-order valence-corrected chi connectivity index (χ4v) is 2.74. The SMILES string of the molecule is CC1=Cc2ccc(C#Cc3cc(F)c(N=C=S)c(F)c3)cc2CC1. The Morgan fingerprint density at radius 2 is 1.71 bits per heavy atom. The first-order chi connectivity index (χ1) is 11.6. The number of isothiocyanates is 1. The molecule has 0 amide bonds. The molecule has 0 fully saturated rings. The van der Waals surface area contributed by atoms with Crippen LogP contribution in [0.15, 0.2) is 40.9 Å². The summed E-state index contributed by atoms with van der Waals surface area (Å²) in [4.78, 5) is 3.38. The molecule has 0 saturated carbocycles. The molecule has 2 aromatic rings. The second kappa shape index (κ2) is 6.88. The van der Waals surface area contributed by atoms with Gasteiger partial charge in [0.05, 0.1) is 5.16 Å². The van der Waals surface area contributed by atoms with Gasteiger partial charge in [0.2, 0.25) is 0 Å². The number of nitrogens with zero attached hydrogens (tertiary/aromatic N) is 1. The number of allylic oxidation sites excluding steroid dienone is 1. The highest BCUT2D eigenvalue weighted by Gasteiger charge is 2.10. The maximum Gasteiger partial charge on any atom is 0.153 e. The van der Waals surface area contributed by atoms with E-state index in [9.17, 15) is 8.78 Å². The lowest BCUT2D eigenvalue weighted by molar-refractivity contribution is 0.587. The Morgan fingerprint density at radius 1 is 1.00 bits per heavy atom. The van der Waals surface area contributed by atoms with Crippen LogP contribution in [0.2, 0.25) is 0 Å². The number of hydrogen-bond donors (Lipinski definition) is 0. The molecule has 1 aliphatic rings. The molecule has 0 spiro atoms. The first-order valence-electron chi connectivity index (χ1n) is 7.46. The predicted molar refractivity (Wildman–Crippen MR) is 95.4 cm³/mol. The number of fused-ring (bicyclic) bond motifs is 1. The fraction of sp³-hybridized carbons (Fsp3) is 0.150. The van der Waals surface area contributed by atoms with Crippen molar-refractivity contribution >= 4 is 29.1 Å². The maximum atomic E-state index is 13.8. The van der Waals surface area contributed by atoms with Gasteiger partial charge in [0.1, 0.15) is 5.69 Å². The quantitative estimate of drug-likeness (QED) is 0.383. The van der Waals surface area contributed by atoms with E-state index in [0.717, 1.165) is 30.5 Å². The molecule has 118 valence electrons. The Hall–Kier alpha value is -2.60. The summed E-state index contributed by atoms with van der Waals surface area (Å²) < 4.78 is 27.6. The monoisotopic (exact) mass is 337 g/mol. The third kappa shape index (κ3) is 3.49. The lowest BCUT2D eigenvalue weighted by Crippen LogP contribution is -1.97. The Balaban J connectivity index is 1.92. The highest BCUT2D eigenvalue weighted by atomic mass is 32.1. The number of aryl methyl sites for hydroxylation is 1. The molecule has 1 nitrogen and oxygen atoms in total. The van der Waals surface area contributed by atoms with Gasteiger partial charge in [-0.1, -0.05) is 29.6 Å². The predicted octanol–water partition coefficient (Wildman–Crippen LogP) is 5.45. The van der Waals surface area contributed by atoms with E-state index >= 15 is 0 Å². The molecular formula is C20H13F2NS. The van der Waals surface area contributed by atoms with E-state index in [-0.39, 0.29) is 5.56 Å². The van der Waals surface area contributed by atoms with Gasteiger partial charge in [-0.2, -0.15) is 4.99 Å². The standard InChI is InChI=1S/C20H13F2NS/c1-13-2-6-17-9-14(5-7-16(17)8-13)3-4-15-10-18(21)20(23-12-24)19(22)11-15/h5,7-11H,2,6H2,1H3. The average molecular weight is 337 g/mol. The summed E-state index contributed by atoms with van der Waals surface area (Å²) in [7, 11) is 0. The van der Waals surface area contributed by atoms with Crippen molar-refractivity contribution in [1.29, 1.82) is 0 Å². The van der Waals surface area contributed by atoms with E-state index < -0.39 is 17.3 Å². The van der Waals surface area contributed by atoms with Crippen molar-refractivity contribution in [3.05, 3.63) is 69.8 Å². The molecule has 1 aliphatic carbocycles. The van der Waals surface area contributed by atoms with Gasteiger partial charge >= 0.3 is 0 Å². The molecule has 0 bridgehead atoms. The molecule has 3 rings (SSSR count). The minimum Gasteiger partial charge on any atom is -0.204 e. The summed E-state index contributed by atoms with van der Waals surface area (Å²) in [6.45, 7) is 2.12. The van der Waals surface area contributed by atoms with Crippen LogP contribution in [0.3, 0.4) is 0 Å². The van der Waals surface area contributed by atoms with Crippen LogP contribution in [0.5, 0.6) is 0 Å². The molecule has 0 radical (unpaired) electrons. The molecule has 0 atom stereocenters. The molecule has 4 heteroatoms. The van der Waals surface area contributed by atoms with Crippen molar-refractivity contribution in [3.8, 4) is 11.8 Å². The highest BCUT2D eigenvalue weighted by molar-refractivity contribution is 7.78. The molecule has 24 heavy (non-hydrogen) atoms. The van der Waals surface area contributed by atoms with E-state index in [2.05, 4.69) is 42.1 Å². The summed E-state index contributed by atoms with van der Waals surface area (Å²) in [5.74, 6) is 4.15. The largest absolute Gasteiger partial charge is 0.204 e. The van der Waals surface area contributed by atoms with Crippen LogP contribution in [0.1, 0.15) is 35.6 Å². The summed E-state index contributed by atoms with van der Waals surface area (Å²) in [5.41, 5.74) is 4.46. The number of aliphatic imine (C=N–C) groups is 1. The minimum atomic E-state index is -0.803. The zero-order valence-electron chi connectivity index (χ0n) is 13.0. The first-order valence-corrected chi connectivity index (χ1v) is 7.86. The zero-order chi connectivity index (χ0) is 17.1. The minimum absolute atomic E-state index is 0.252. The fourth-order valence-electron chi connectivity index (χ4n) is 2.64. The summed E-state index contributed by atoms with van der Waals surface area (Å²) in [6.07, 6.45) is 4.21. The Morgan fingerprint density at radius 3 is 2.42 bits per heavy atom. The molecule has 2 aromatic carbocycles. The second-order valence-corrected chi connectivity index (χ2v) is 5.83. The lowest BCUT2D eigenvalue weighted by Gasteiger charge is -2.13. The lowest BCUT2D eigenvalue weighted by atomic mass is 9.91. The number of benzene rings is 2. The molecular weight excluding hydrogens is 324 g/mol. The van der Waals surface area contributed by atoms with E-state index in [1.54, 1.807) is 0 Å². The zero-order valence-corrected chi connectivity index (χ0v) is 13.8. The van der Waals surface area contributed by atoms with E-state index in [1.165, 1.54) is 16.7 Å². The average Bonchev–Trinajstić information content (AvgIpc) is 2.56. The first kappa shape index (κ1) is 16.3. The van der Waals surface area contributed by atoms with Crippen molar-refractivity contribution in [3.63, 3.8) is 0 Å². The molecule has 0 N–H and O–H groups in total. The summed E-state index contributed by atoms with van der Waals surface area (Å²) in [6, 6.07) is 8.26. The molecule has 0 unspecified atom stereocenters. The van der Waals surface area contributed by atoms with Crippen LogP contribution in [0, 0.1) is 23.5 Å². The molecule has 0 aliphatic heterocycles. The van der Waals surface area contributed by atoms with Crippen molar-refractivity contribution in [2.45, 2.75) is 19.8 Å². The van der Waals surface area contributed by atoms with E-state index in [0.29, 0.717) is 0 Å². The van der Waals surface area contributed by atoms with Crippen molar-refractivity contribution in [2.75, 3.05) is 0 Å². The number of rotatable bonds is 1. The molecule has 0 heterocycles. The van der Waals surface area contributed by atoms with E-state index in [1.807, 2.05) is 23.4 Å². The van der Waals surface area contributed by atoms with Crippen LogP contribution in [-0.4, -0.2) is 5.16 Å². The van der Waals surface area contributed by atoms with Crippen molar-refractivity contribution in [2.24, 2.45) is 4.99 Å². The second-order valence-electron chi connectivity index (χ2n) is 5.65. The van der Waals surface area contributed by atoms with Crippen LogP contribution in [0.25, 0.3) is 6.08 Å². The van der Waals surface area contributed by atoms with Gasteiger partial charge in [-0.3, -0.25) is 0 Å². The Kier molecular flexibility index (Phi) is 4.66. The molecule has 0 saturated heterocycles. The van der Waals surface area contributed by atoms with Crippen molar-refractivity contribution < 1.29 is 8.78 Å². The summed E-state index contributed by atoms with van der Waals surface area (Å²) >= 11 is 4.38. The number of halogens is 2. The highest BCUT2D eigenvalue weighted by Crippen LogP contribution is 2.25. The third-order valence-electron chi connectivity index (χ3n) is 3.86. The topological polar surface area (TPSA) is 12.4 Å². The van der Waals surface area contributed by atoms with Gasteiger partial charge in [-0.25, -0.2) is 8.78 Å². The van der Waals surface area contributed by atoms with Gasteiger partial charge in [0.25, 0.3) is 0 Å². The van der Waals surface area contributed by atoms with Crippen LogP contribution >= 0.6 is 12.2 Å². The number of thiocarbonyl (C=S) groups is 1. The van der Waals surface area contributed by atoms with Crippen LogP contribution in [0.4, 0.5) is 14.5 Å². The maximum absolute atomic E-state index is 13.8. The summed E-state index contributed by atoms with van der Waals surface area (Å²) in [5, 5.41) is 1.96.